The summed E-state index contributed by atoms with van der Waals surface area (Å²) in [4.78, 5) is 2.45. The summed E-state index contributed by atoms with van der Waals surface area (Å²) in [5, 5.41) is 3.63. The second-order valence-corrected chi connectivity index (χ2v) is 5.73. The quantitative estimate of drug-likeness (QED) is 0.731. The Kier molecular flexibility index (Phi) is 3.96. The standard InChI is InChI=1S/C12H26N2/c1-10-7-6-8-13-11(10)9-14(5)12(2,3)4/h10-11,13H,6-9H2,1-5H3/t10-,11+/m0/s1. The molecule has 1 aliphatic rings. The average Bonchev–Trinajstić information content (AvgIpc) is 2.07. The van der Waals surface area contributed by atoms with Crippen molar-refractivity contribution in [1.29, 1.82) is 0 Å². The molecule has 1 rings (SSSR count). The van der Waals surface area contributed by atoms with Crippen LogP contribution in [0.25, 0.3) is 0 Å². The first-order valence-electron chi connectivity index (χ1n) is 5.86. The van der Waals surface area contributed by atoms with Gasteiger partial charge in [-0.1, -0.05) is 6.92 Å². The smallest absolute Gasteiger partial charge is 0.0220 e. The zero-order valence-corrected chi connectivity index (χ0v) is 10.4. The van der Waals surface area contributed by atoms with Gasteiger partial charge in [0, 0.05) is 18.1 Å². The number of piperidine rings is 1. The maximum absolute atomic E-state index is 3.63. The van der Waals surface area contributed by atoms with Crippen LogP contribution in [0.3, 0.4) is 0 Å². The Hall–Kier alpha value is -0.0800. The number of hydrogen-bond donors (Lipinski definition) is 1. The first-order chi connectivity index (χ1) is 6.41. The Morgan fingerprint density at radius 3 is 2.50 bits per heavy atom. The van der Waals surface area contributed by atoms with E-state index in [-0.39, 0.29) is 0 Å². The fourth-order valence-electron chi connectivity index (χ4n) is 1.93. The van der Waals surface area contributed by atoms with Crippen LogP contribution in [-0.2, 0) is 0 Å². The monoisotopic (exact) mass is 198 g/mol. The van der Waals surface area contributed by atoms with Gasteiger partial charge >= 0.3 is 0 Å². The van der Waals surface area contributed by atoms with Crippen molar-refractivity contribution < 1.29 is 0 Å². The van der Waals surface area contributed by atoms with E-state index in [1.165, 1.54) is 25.9 Å². The normalized spacial score (nSPS) is 29.6. The van der Waals surface area contributed by atoms with Crippen molar-refractivity contribution in [3.05, 3.63) is 0 Å². The van der Waals surface area contributed by atoms with E-state index in [1.54, 1.807) is 0 Å². The molecule has 2 nitrogen and oxygen atoms in total. The van der Waals surface area contributed by atoms with Gasteiger partial charge in [0.1, 0.15) is 0 Å². The Bertz CT molecular complexity index is 172. The van der Waals surface area contributed by atoms with Gasteiger partial charge in [-0.05, 0) is 53.1 Å². The molecule has 1 fully saturated rings. The fourth-order valence-corrected chi connectivity index (χ4v) is 1.93. The molecular formula is C12H26N2. The highest BCUT2D eigenvalue weighted by Crippen LogP contribution is 2.19. The molecule has 0 amide bonds. The molecule has 0 saturated carbocycles. The minimum atomic E-state index is 0.291. The lowest BCUT2D eigenvalue weighted by Gasteiger charge is -2.38. The summed E-state index contributed by atoms with van der Waals surface area (Å²) in [6.07, 6.45) is 2.73. The van der Waals surface area contributed by atoms with Crippen molar-refractivity contribution in [2.45, 2.75) is 52.1 Å². The van der Waals surface area contributed by atoms with Crippen molar-refractivity contribution in [2.75, 3.05) is 20.1 Å². The van der Waals surface area contributed by atoms with Crippen molar-refractivity contribution in [2.24, 2.45) is 5.92 Å². The summed E-state index contributed by atoms with van der Waals surface area (Å²) in [7, 11) is 2.23. The van der Waals surface area contributed by atoms with Gasteiger partial charge in [-0.2, -0.15) is 0 Å². The average molecular weight is 198 g/mol. The summed E-state index contributed by atoms with van der Waals surface area (Å²) in [6.45, 7) is 11.6. The molecule has 0 aromatic heterocycles. The van der Waals surface area contributed by atoms with Crippen LogP contribution in [0.15, 0.2) is 0 Å². The van der Waals surface area contributed by atoms with Crippen LogP contribution in [0.1, 0.15) is 40.5 Å². The number of hydrogen-bond acceptors (Lipinski definition) is 2. The third-order valence-electron chi connectivity index (χ3n) is 3.55. The molecule has 1 N–H and O–H groups in total. The van der Waals surface area contributed by atoms with Gasteiger partial charge in [-0.15, -0.1) is 0 Å². The molecule has 0 aromatic rings. The van der Waals surface area contributed by atoms with Gasteiger partial charge < -0.3 is 5.32 Å². The molecule has 2 heteroatoms. The van der Waals surface area contributed by atoms with E-state index in [1.807, 2.05) is 0 Å². The summed E-state index contributed by atoms with van der Waals surface area (Å²) in [6, 6.07) is 0.688. The first kappa shape index (κ1) is 12.0. The SMILES string of the molecule is C[C@H]1CCCN[C@@H]1CN(C)C(C)(C)C. The molecule has 0 spiro atoms. The van der Waals surface area contributed by atoms with Crippen LogP contribution >= 0.6 is 0 Å². The van der Waals surface area contributed by atoms with Crippen LogP contribution < -0.4 is 5.32 Å². The second-order valence-electron chi connectivity index (χ2n) is 5.73. The number of nitrogens with zero attached hydrogens (tertiary/aromatic N) is 1. The Morgan fingerprint density at radius 2 is 2.00 bits per heavy atom. The zero-order valence-electron chi connectivity index (χ0n) is 10.4. The Balaban J connectivity index is 2.42. The third-order valence-corrected chi connectivity index (χ3v) is 3.55. The summed E-state index contributed by atoms with van der Waals surface area (Å²) in [5.41, 5.74) is 0.291. The molecule has 84 valence electrons. The van der Waals surface area contributed by atoms with E-state index in [2.05, 4.69) is 45.0 Å². The number of nitrogens with one attached hydrogen (secondary N) is 1. The molecule has 14 heavy (non-hydrogen) atoms. The van der Waals surface area contributed by atoms with Crippen LogP contribution in [0.5, 0.6) is 0 Å². The highest BCUT2D eigenvalue weighted by molar-refractivity contribution is 4.84. The van der Waals surface area contributed by atoms with Crippen LogP contribution in [0, 0.1) is 5.92 Å². The van der Waals surface area contributed by atoms with Gasteiger partial charge in [0.05, 0.1) is 0 Å². The Labute approximate surface area is 89.1 Å². The second kappa shape index (κ2) is 4.63. The third kappa shape index (κ3) is 3.25. The van der Waals surface area contributed by atoms with E-state index in [4.69, 9.17) is 0 Å². The lowest BCUT2D eigenvalue weighted by atomic mass is 9.91. The minimum absolute atomic E-state index is 0.291. The van der Waals surface area contributed by atoms with Gasteiger partial charge in [0.15, 0.2) is 0 Å². The molecule has 1 heterocycles. The highest BCUT2D eigenvalue weighted by Gasteiger charge is 2.25. The molecule has 0 aliphatic carbocycles. The van der Waals surface area contributed by atoms with Gasteiger partial charge in [0.25, 0.3) is 0 Å². The molecule has 0 bridgehead atoms. The van der Waals surface area contributed by atoms with E-state index in [0.29, 0.717) is 11.6 Å². The minimum Gasteiger partial charge on any atom is -0.312 e. The van der Waals surface area contributed by atoms with Crippen LogP contribution in [0.4, 0.5) is 0 Å². The summed E-state index contributed by atoms with van der Waals surface area (Å²) < 4.78 is 0. The Morgan fingerprint density at radius 1 is 1.36 bits per heavy atom. The summed E-state index contributed by atoms with van der Waals surface area (Å²) >= 11 is 0. The molecule has 0 aromatic carbocycles. The molecular weight excluding hydrogens is 172 g/mol. The van der Waals surface area contributed by atoms with Gasteiger partial charge in [-0.3, -0.25) is 4.90 Å². The van der Waals surface area contributed by atoms with E-state index < -0.39 is 0 Å². The molecule has 0 radical (unpaired) electrons. The molecule has 1 saturated heterocycles. The molecule has 0 unspecified atom stereocenters. The predicted molar refractivity (Wildman–Crippen MR) is 62.6 cm³/mol. The predicted octanol–water partition coefficient (Wildman–Crippen LogP) is 2.10. The van der Waals surface area contributed by atoms with Crippen molar-refractivity contribution in [3.8, 4) is 0 Å². The van der Waals surface area contributed by atoms with Crippen molar-refractivity contribution in [1.82, 2.24) is 10.2 Å². The first-order valence-corrected chi connectivity index (χ1v) is 5.86. The maximum atomic E-state index is 3.63. The van der Waals surface area contributed by atoms with Gasteiger partial charge in [-0.25, -0.2) is 0 Å². The van der Waals surface area contributed by atoms with Crippen molar-refractivity contribution >= 4 is 0 Å². The number of rotatable bonds is 2. The topological polar surface area (TPSA) is 15.3 Å². The number of likely N-dealkylation sites (N-methyl/N-ethyl adjacent to an activating group) is 1. The maximum Gasteiger partial charge on any atom is 0.0220 e. The summed E-state index contributed by atoms with van der Waals surface area (Å²) in [5.74, 6) is 0.827. The fraction of sp³-hybridized carbons (Fsp3) is 1.00. The zero-order chi connectivity index (χ0) is 10.8. The van der Waals surface area contributed by atoms with Crippen LogP contribution in [-0.4, -0.2) is 36.6 Å². The van der Waals surface area contributed by atoms with E-state index in [9.17, 15) is 0 Å². The lowest BCUT2D eigenvalue weighted by Crippen LogP contribution is -2.51. The van der Waals surface area contributed by atoms with Gasteiger partial charge in [0.2, 0.25) is 0 Å². The lowest BCUT2D eigenvalue weighted by molar-refractivity contribution is 0.132. The van der Waals surface area contributed by atoms with Crippen molar-refractivity contribution in [3.63, 3.8) is 0 Å². The largest absolute Gasteiger partial charge is 0.312 e. The molecule has 2 atom stereocenters. The highest BCUT2D eigenvalue weighted by atomic mass is 15.2. The molecule has 1 aliphatic heterocycles. The van der Waals surface area contributed by atoms with E-state index in [0.717, 1.165) is 5.92 Å². The van der Waals surface area contributed by atoms with Crippen LogP contribution in [0.2, 0.25) is 0 Å². The van der Waals surface area contributed by atoms with E-state index >= 15 is 0 Å².